The van der Waals surface area contributed by atoms with E-state index in [1.807, 2.05) is 0 Å². The molecule has 0 saturated heterocycles. The van der Waals surface area contributed by atoms with Crippen LogP contribution in [0.4, 0.5) is 18.0 Å². The summed E-state index contributed by atoms with van der Waals surface area (Å²) in [6.07, 6.45) is 5.61. The number of imidazole rings is 1. The molecule has 3 rings (SSSR count). The van der Waals surface area contributed by atoms with Gasteiger partial charge in [0.05, 0.1) is 6.04 Å². The van der Waals surface area contributed by atoms with Crippen molar-refractivity contribution in [3.8, 4) is 0 Å². The van der Waals surface area contributed by atoms with Crippen LogP contribution in [0.15, 0.2) is 36.0 Å². The van der Waals surface area contributed by atoms with Gasteiger partial charge in [0.15, 0.2) is 11.6 Å². The molecule has 0 aliphatic carbocycles. The van der Waals surface area contributed by atoms with Crippen molar-refractivity contribution in [2.24, 2.45) is 5.10 Å². The number of carbonyl (C=O) groups is 1. The molecular weight excluding hydrogens is 285 g/mol. The van der Waals surface area contributed by atoms with Crippen LogP contribution in [-0.2, 0) is 0 Å². The summed E-state index contributed by atoms with van der Waals surface area (Å²) in [5.41, 5.74) is -0.251. The zero-order valence-electron chi connectivity index (χ0n) is 10.6. The number of rotatable bonds is 1. The summed E-state index contributed by atoms with van der Waals surface area (Å²) in [4.78, 5) is 15.9. The van der Waals surface area contributed by atoms with E-state index in [1.54, 1.807) is 0 Å². The SMILES string of the molecule is O=C(N1N=CCC1c1cc(F)cc(F)c1F)n1ccnc1. The van der Waals surface area contributed by atoms with Gasteiger partial charge in [-0.05, 0) is 6.07 Å². The van der Waals surface area contributed by atoms with E-state index in [2.05, 4.69) is 10.1 Å². The van der Waals surface area contributed by atoms with E-state index in [9.17, 15) is 18.0 Å². The van der Waals surface area contributed by atoms with E-state index in [-0.39, 0.29) is 12.0 Å². The van der Waals surface area contributed by atoms with E-state index in [1.165, 1.54) is 24.9 Å². The van der Waals surface area contributed by atoms with Crippen LogP contribution in [0.25, 0.3) is 0 Å². The normalized spacial score (nSPS) is 17.5. The molecular formula is C13H9F3N4O. The minimum Gasteiger partial charge on any atom is -0.257 e. The highest BCUT2D eigenvalue weighted by atomic mass is 19.2. The largest absolute Gasteiger partial charge is 0.350 e. The minimum atomic E-state index is -1.30. The molecule has 1 aromatic heterocycles. The smallest absolute Gasteiger partial charge is 0.257 e. The van der Waals surface area contributed by atoms with Crippen LogP contribution in [0.5, 0.6) is 0 Å². The summed E-state index contributed by atoms with van der Waals surface area (Å²) in [6, 6.07) is -0.164. The highest BCUT2D eigenvalue weighted by Crippen LogP contribution is 2.32. The topological polar surface area (TPSA) is 50.5 Å². The number of hydrogen-bond acceptors (Lipinski definition) is 3. The highest BCUT2D eigenvalue weighted by Gasteiger charge is 2.32. The average Bonchev–Trinajstić information content (AvgIpc) is 3.12. The van der Waals surface area contributed by atoms with Crippen LogP contribution in [0.2, 0.25) is 0 Å². The third-order valence-corrected chi connectivity index (χ3v) is 3.13. The molecule has 0 spiro atoms. The Morgan fingerprint density at radius 3 is 2.81 bits per heavy atom. The van der Waals surface area contributed by atoms with E-state index in [0.717, 1.165) is 15.6 Å². The molecule has 1 unspecified atom stereocenters. The third-order valence-electron chi connectivity index (χ3n) is 3.13. The Kier molecular flexibility index (Phi) is 3.20. The molecule has 1 aromatic carbocycles. The van der Waals surface area contributed by atoms with Gasteiger partial charge >= 0.3 is 6.03 Å². The van der Waals surface area contributed by atoms with Crippen LogP contribution < -0.4 is 0 Å². The first-order chi connectivity index (χ1) is 10.1. The summed E-state index contributed by atoms with van der Waals surface area (Å²) < 4.78 is 41.6. The fourth-order valence-corrected chi connectivity index (χ4v) is 2.17. The Hall–Kier alpha value is -2.64. The number of nitrogens with zero attached hydrogens (tertiary/aromatic N) is 4. The number of hydrazone groups is 1. The zero-order valence-corrected chi connectivity index (χ0v) is 10.6. The quantitative estimate of drug-likeness (QED) is 0.759. The van der Waals surface area contributed by atoms with Crippen molar-refractivity contribution in [2.45, 2.75) is 12.5 Å². The lowest BCUT2D eigenvalue weighted by Crippen LogP contribution is -2.31. The molecule has 0 N–H and O–H groups in total. The van der Waals surface area contributed by atoms with Crippen molar-refractivity contribution >= 4 is 12.2 Å². The van der Waals surface area contributed by atoms with Gasteiger partial charge in [-0.2, -0.15) is 5.10 Å². The molecule has 8 heteroatoms. The van der Waals surface area contributed by atoms with Gasteiger partial charge in [0.25, 0.3) is 0 Å². The highest BCUT2D eigenvalue weighted by molar-refractivity contribution is 5.80. The van der Waals surface area contributed by atoms with Gasteiger partial charge in [-0.1, -0.05) is 0 Å². The molecule has 0 bridgehead atoms. The fraction of sp³-hybridized carbons (Fsp3) is 0.154. The van der Waals surface area contributed by atoms with Crippen molar-refractivity contribution < 1.29 is 18.0 Å². The Morgan fingerprint density at radius 1 is 1.29 bits per heavy atom. The molecule has 1 aliphatic heterocycles. The van der Waals surface area contributed by atoms with Crippen LogP contribution >= 0.6 is 0 Å². The number of carbonyl (C=O) groups excluding carboxylic acids is 1. The van der Waals surface area contributed by atoms with Gasteiger partial charge in [-0.15, -0.1) is 0 Å². The number of benzene rings is 1. The van der Waals surface area contributed by atoms with Crippen LogP contribution in [0.1, 0.15) is 18.0 Å². The van der Waals surface area contributed by atoms with E-state index in [4.69, 9.17) is 0 Å². The first kappa shape index (κ1) is 13.3. The molecule has 2 aromatic rings. The molecule has 0 radical (unpaired) electrons. The monoisotopic (exact) mass is 294 g/mol. The molecule has 0 saturated carbocycles. The maximum absolute atomic E-state index is 13.9. The lowest BCUT2D eigenvalue weighted by atomic mass is 10.0. The molecule has 21 heavy (non-hydrogen) atoms. The van der Waals surface area contributed by atoms with Gasteiger partial charge in [-0.3, -0.25) is 4.57 Å². The maximum atomic E-state index is 13.9. The molecule has 108 valence electrons. The number of hydrogen-bond donors (Lipinski definition) is 0. The minimum absolute atomic E-state index is 0.167. The number of amides is 1. The van der Waals surface area contributed by atoms with Crippen molar-refractivity contribution in [1.82, 2.24) is 14.6 Å². The van der Waals surface area contributed by atoms with Gasteiger partial charge in [0.1, 0.15) is 12.1 Å². The van der Waals surface area contributed by atoms with Crippen LogP contribution in [-0.4, -0.2) is 26.8 Å². The Labute approximate surface area is 117 Å². The van der Waals surface area contributed by atoms with Gasteiger partial charge in [0.2, 0.25) is 0 Å². The predicted molar refractivity (Wildman–Crippen MR) is 67.0 cm³/mol. The van der Waals surface area contributed by atoms with Crippen LogP contribution in [0, 0.1) is 17.5 Å². The van der Waals surface area contributed by atoms with Gasteiger partial charge in [0, 0.05) is 36.7 Å². The van der Waals surface area contributed by atoms with Crippen LogP contribution in [0.3, 0.4) is 0 Å². The van der Waals surface area contributed by atoms with Crippen molar-refractivity contribution in [3.05, 3.63) is 53.9 Å². The van der Waals surface area contributed by atoms with E-state index < -0.39 is 29.5 Å². The van der Waals surface area contributed by atoms with E-state index >= 15 is 0 Å². The van der Waals surface area contributed by atoms with Crippen molar-refractivity contribution in [3.63, 3.8) is 0 Å². The second kappa shape index (κ2) is 5.04. The predicted octanol–water partition coefficient (Wildman–Crippen LogP) is 2.70. The third kappa shape index (κ3) is 2.28. The van der Waals surface area contributed by atoms with Crippen molar-refractivity contribution in [2.75, 3.05) is 0 Å². The number of aromatic nitrogens is 2. The zero-order chi connectivity index (χ0) is 15.0. The van der Waals surface area contributed by atoms with Gasteiger partial charge in [-0.25, -0.2) is 28.0 Å². The second-order valence-electron chi connectivity index (χ2n) is 4.44. The molecule has 1 amide bonds. The first-order valence-corrected chi connectivity index (χ1v) is 6.06. The second-order valence-corrected chi connectivity index (χ2v) is 4.44. The van der Waals surface area contributed by atoms with E-state index in [0.29, 0.717) is 6.07 Å². The average molecular weight is 294 g/mol. The lowest BCUT2D eigenvalue weighted by Gasteiger charge is -2.22. The molecule has 0 fully saturated rings. The summed E-state index contributed by atoms with van der Waals surface area (Å²) in [5.74, 6) is -3.40. The molecule has 2 heterocycles. The summed E-state index contributed by atoms with van der Waals surface area (Å²) >= 11 is 0. The summed E-state index contributed by atoms with van der Waals surface area (Å²) in [5, 5.41) is 4.82. The molecule has 5 nitrogen and oxygen atoms in total. The molecule has 1 atom stereocenters. The first-order valence-electron chi connectivity index (χ1n) is 6.06. The Morgan fingerprint density at radius 2 is 2.10 bits per heavy atom. The van der Waals surface area contributed by atoms with Gasteiger partial charge < -0.3 is 0 Å². The van der Waals surface area contributed by atoms with Crippen molar-refractivity contribution in [1.29, 1.82) is 0 Å². The summed E-state index contributed by atoms with van der Waals surface area (Å²) in [6.45, 7) is 0. The fourth-order valence-electron chi connectivity index (χ4n) is 2.17. The standard InChI is InChI=1S/C13H9F3N4O/c14-8-5-9(12(16)10(15)6-8)11-1-2-18-20(11)13(21)19-4-3-17-7-19/h2-7,11H,1H2. The maximum Gasteiger partial charge on any atom is 0.350 e. The molecule has 1 aliphatic rings. The number of halogens is 3. The Balaban J connectivity index is 1.98. The Bertz CT molecular complexity index is 714. The summed E-state index contributed by atoms with van der Waals surface area (Å²) in [7, 11) is 0. The lowest BCUT2D eigenvalue weighted by molar-refractivity contribution is 0.186.